The van der Waals surface area contributed by atoms with Crippen LogP contribution in [0.3, 0.4) is 0 Å². The third-order valence-corrected chi connectivity index (χ3v) is 11.3. The van der Waals surface area contributed by atoms with Crippen LogP contribution in [0.5, 0.6) is 0 Å². The lowest BCUT2D eigenvalue weighted by atomic mass is 9.97. The largest absolute Gasteiger partial charge is 0.407 e. The summed E-state index contributed by atoms with van der Waals surface area (Å²) in [5.41, 5.74) is 0.859. The van der Waals surface area contributed by atoms with Gasteiger partial charge in [-0.25, -0.2) is 0 Å². The SMILES string of the molecule is CC1(C)O[C@H]2O[C@H]([C@H](O)[C@@H](O[Si](C)(C)C(C)(C)C)c3ccc(I)cc3)[C@H](O)[C@H]2O1. The predicted octanol–water partition coefficient (Wildman–Crippen LogP) is 3.95. The van der Waals surface area contributed by atoms with Gasteiger partial charge in [-0.05, 0) is 72.3 Å². The third-order valence-electron chi connectivity index (χ3n) is 6.13. The molecule has 2 heterocycles. The van der Waals surface area contributed by atoms with Crippen molar-refractivity contribution in [2.24, 2.45) is 0 Å². The molecule has 6 nitrogen and oxygen atoms in total. The number of halogens is 1. The average Bonchev–Trinajstić information content (AvgIpc) is 3.05. The zero-order valence-electron chi connectivity index (χ0n) is 18.2. The number of benzene rings is 1. The Balaban J connectivity index is 1.87. The summed E-state index contributed by atoms with van der Waals surface area (Å²) in [5.74, 6) is -0.820. The van der Waals surface area contributed by atoms with Gasteiger partial charge in [-0.3, -0.25) is 0 Å². The molecule has 2 aliphatic rings. The molecular weight excluding hydrogens is 503 g/mol. The first-order valence-corrected chi connectivity index (χ1v) is 14.0. The fourth-order valence-electron chi connectivity index (χ4n) is 3.45. The first kappa shape index (κ1) is 23.6. The van der Waals surface area contributed by atoms with Crippen LogP contribution in [-0.2, 0) is 18.6 Å². The van der Waals surface area contributed by atoms with Crippen molar-refractivity contribution in [2.75, 3.05) is 0 Å². The van der Waals surface area contributed by atoms with Crippen LogP contribution in [0.15, 0.2) is 24.3 Å². The Bertz CT molecular complexity index is 717. The van der Waals surface area contributed by atoms with E-state index in [2.05, 4.69) is 56.5 Å². The van der Waals surface area contributed by atoms with Crippen LogP contribution in [0.2, 0.25) is 18.1 Å². The van der Waals surface area contributed by atoms with Gasteiger partial charge in [0.05, 0.1) is 6.10 Å². The van der Waals surface area contributed by atoms with E-state index in [-0.39, 0.29) is 5.04 Å². The molecule has 0 aliphatic carbocycles. The molecule has 8 heteroatoms. The van der Waals surface area contributed by atoms with Gasteiger partial charge in [0.25, 0.3) is 0 Å². The highest BCUT2D eigenvalue weighted by molar-refractivity contribution is 14.1. The molecule has 0 amide bonds. The minimum absolute atomic E-state index is 0.0317. The van der Waals surface area contributed by atoms with Crippen LogP contribution >= 0.6 is 22.6 Å². The fourth-order valence-corrected chi connectivity index (χ4v) is 5.08. The first-order valence-electron chi connectivity index (χ1n) is 10.0. The minimum atomic E-state index is -2.21. The molecule has 0 saturated carbocycles. The van der Waals surface area contributed by atoms with Crippen molar-refractivity contribution in [3.8, 4) is 0 Å². The van der Waals surface area contributed by atoms with Gasteiger partial charge in [0, 0.05) is 3.57 Å². The lowest BCUT2D eigenvalue weighted by Gasteiger charge is -2.41. The molecule has 0 spiro atoms. The third kappa shape index (κ3) is 4.90. The maximum absolute atomic E-state index is 11.3. The number of aliphatic hydroxyl groups excluding tert-OH is 2. The molecule has 0 aromatic heterocycles. The highest BCUT2D eigenvalue weighted by Gasteiger charge is 2.57. The van der Waals surface area contributed by atoms with Gasteiger partial charge in [-0.1, -0.05) is 32.9 Å². The van der Waals surface area contributed by atoms with Crippen molar-refractivity contribution in [3.63, 3.8) is 0 Å². The van der Waals surface area contributed by atoms with Crippen molar-refractivity contribution in [1.82, 2.24) is 0 Å². The molecule has 164 valence electrons. The van der Waals surface area contributed by atoms with Crippen LogP contribution in [0.4, 0.5) is 0 Å². The first-order chi connectivity index (χ1) is 13.2. The molecule has 2 aliphatic heterocycles. The number of hydrogen-bond acceptors (Lipinski definition) is 6. The molecule has 2 saturated heterocycles. The molecule has 6 atom stereocenters. The molecule has 0 bridgehead atoms. The number of ether oxygens (including phenoxy) is 3. The molecular formula is C21H33IO6Si. The molecule has 0 unspecified atom stereocenters. The molecule has 29 heavy (non-hydrogen) atoms. The Labute approximate surface area is 188 Å². The molecule has 3 rings (SSSR count). The van der Waals surface area contributed by atoms with E-state index in [0.717, 1.165) is 9.13 Å². The van der Waals surface area contributed by atoms with Crippen molar-refractivity contribution in [3.05, 3.63) is 33.4 Å². The zero-order valence-corrected chi connectivity index (χ0v) is 21.3. The quantitative estimate of drug-likeness (QED) is 0.439. The molecule has 2 N–H and O–H groups in total. The zero-order chi connectivity index (χ0) is 21.8. The highest BCUT2D eigenvalue weighted by atomic mass is 127. The summed E-state index contributed by atoms with van der Waals surface area (Å²) in [4.78, 5) is 0. The van der Waals surface area contributed by atoms with Crippen molar-refractivity contribution in [2.45, 2.75) is 95.3 Å². The van der Waals surface area contributed by atoms with E-state index in [1.165, 1.54) is 0 Å². The number of fused-ring (bicyclic) bond motifs is 1. The minimum Gasteiger partial charge on any atom is -0.407 e. The molecule has 0 radical (unpaired) electrons. The summed E-state index contributed by atoms with van der Waals surface area (Å²) >= 11 is 2.25. The van der Waals surface area contributed by atoms with E-state index in [9.17, 15) is 10.2 Å². The lowest BCUT2D eigenvalue weighted by Crippen LogP contribution is -2.49. The van der Waals surface area contributed by atoms with E-state index in [1.807, 2.05) is 24.3 Å². The summed E-state index contributed by atoms with van der Waals surface area (Å²) in [6, 6.07) is 7.89. The standard InChI is InChI=1S/C21H33IO6Si/c1-20(2,3)29(6,7)28-16(12-8-10-13(22)11-9-12)14(23)17-15(24)18-19(25-17)27-21(4,5)26-18/h8-11,14-19,23-24H,1-7H3/t14-,15+,16+,17-,18-,19-/m1/s1. The summed E-state index contributed by atoms with van der Waals surface area (Å²) in [7, 11) is -2.21. The van der Waals surface area contributed by atoms with Crippen molar-refractivity contribution >= 4 is 30.9 Å². The molecule has 1 aromatic rings. The molecule has 1 aromatic carbocycles. The second kappa shape index (κ2) is 8.12. The maximum Gasteiger partial charge on any atom is 0.193 e. The van der Waals surface area contributed by atoms with Crippen LogP contribution in [0, 0.1) is 3.57 Å². The number of rotatable bonds is 5. The van der Waals surface area contributed by atoms with E-state index >= 15 is 0 Å². The maximum atomic E-state index is 11.3. The van der Waals surface area contributed by atoms with Crippen LogP contribution in [0.1, 0.15) is 46.3 Å². The van der Waals surface area contributed by atoms with Crippen LogP contribution in [0.25, 0.3) is 0 Å². The smallest absolute Gasteiger partial charge is 0.193 e. The Hall–Kier alpha value is -0.0731. The average molecular weight is 536 g/mol. The van der Waals surface area contributed by atoms with Crippen molar-refractivity contribution < 1.29 is 28.8 Å². The normalized spacial score (nSPS) is 31.5. The molecule has 2 fully saturated rings. The van der Waals surface area contributed by atoms with E-state index in [1.54, 1.807) is 13.8 Å². The number of hydrogen-bond donors (Lipinski definition) is 2. The summed E-state index contributed by atoms with van der Waals surface area (Å²) in [6.07, 6.45) is -4.90. The van der Waals surface area contributed by atoms with Gasteiger partial charge in [-0.15, -0.1) is 0 Å². The van der Waals surface area contributed by atoms with Gasteiger partial charge in [0.1, 0.15) is 24.4 Å². The van der Waals surface area contributed by atoms with Crippen LogP contribution in [-0.4, -0.2) is 55.0 Å². The second-order valence-corrected chi connectivity index (χ2v) is 15.9. The topological polar surface area (TPSA) is 77.4 Å². The van der Waals surface area contributed by atoms with Gasteiger partial charge in [-0.2, -0.15) is 0 Å². The van der Waals surface area contributed by atoms with E-state index in [0.29, 0.717) is 0 Å². The van der Waals surface area contributed by atoms with Crippen LogP contribution < -0.4 is 0 Å². The van der Waals surface area contributed by atoms with Gasteiger partial charge in [0.2, 0.25) is 0 Å². The Morgan fingerprint density at radius 2 is 1.72 bits per heavy atom. The van der Waals surface area contributed by atoms with Gasteiger partial charge in [0.15, 0.2) is 20.4 Å². The Morgan fingerprint density at radius 3 is 2.24 bits per heavy atom. The lowest BCUT2D eigenvalue weighted by molar-refractivity contribution is -0.231. The second-order valence-electron chi connectivity index (χ2n) is 9.90. The van der Waals surface area contributed by atoms with E-state index in [4.69, 9.17) is 18.6 Å². The number of aliphatic hydroxyl groups is 2. The highest BCUT2D eigenvalue weighted by Crippen LogP contribution is 2.44. The summed E-state index contributed by atoms with van der Waals surface area (Å²) in [6.45, 7) is 14.3. The van der Waals surface area contributed by atoms with Crippen molar-refractivity contribution in [1.29, 1.82) is 0 Å². The Morgan fingerprint density at radius 1 is 1.14 bits per heavy atom. The van der Waals surface area contributed by atoms with Gasteiger partial charge < -0.3 is 28.8 Å². The summed E-state index contributed by atoms with van der Waals surface area (Å²) < 4.78 is 25.1. The Kier molecular flexibility index (Phi) is 6.61. The van der Waals surface area contributed by atoms with E-state index < -0.39 is 50.9 Å². The predicted molar refractivity (Wildman–Crippen MR) is 121 cm³/mol. The monoisotopic (exact) mass is 536 g/mol. The van der Waals surface area contributed by atoms with Gasteiger partial charge >= 0.3 is 0 Å². The summed E-state index contributed by atoms with van der Waals surface area (Å²) in [5, 5.41) is 22.1. The fraction of sp³-hybridized carbons (Fsp3) is 0.714.